The molecule has 0 aromatic carbocycles. The van der Waals surface area contributed by atoms with Gasteiger partial charge in [0.15, 0.2) is 12.4 Å². The van der Waals surface area contributed by atoms with Gasteiger partial charge in [-0.2, -0.15) is 4.40 Å². The molecule has 0 fully saturated rings. The fourth-order valence-corrected chi connectivity index (χ4v) is 1.77. The molecule has 5 heteroatoms. The Balaban J connectivity index is 0.00000128. The second-order valence-electron chi connectivity index (χ2n) is 3.08. The van der Waals surface area contributed by atoms with Crippen molar-refractivity contribution in [1.29, 1.82) is 0 Å². The number of aromatic nitrogens is 1. The highest BCUT2D eigenvalue weighted by molar-refractivity contribution is 9.10. The topological polar surface area (TPSA) is 30.4 Å². The number of carbonyl (C=O) groups excluding carboxylic acids is 1. The van der Waals surface area contributed by atoms with E-state index in [4.69, 9.17) is 4.74 Å². The normalized spacial score (nSPS) is 9.62. The van der Waals surface area contributed by atoms with Crippen molar-refractivity contribution in [3.05, 3.63) is 41.1 Å². The number of pyridine rings is 2. The average Bonchev–Trinajstić information content (AvgIpc) is 2.22. The van der Waals surface area contributed by atoms with Crippen molar-refractivity contribution in [2.45, 2.75) is 6.92 Å². The molecular formula is C11H9Br2NO2. The number of halogens is 2. The summed E-state index contributed by atoms with van der Waals surface area (Å²) in [4.78, 5) is 11.0. The van der Waals surface area contributed by atoms with Crippen LogP contribution in [0.4, 0.5) is 0 Å². The second-order valence-corrected chi connectivity index (χ2v) is 3.93. The van der Waals surface area contributed by atoms with E-state index in [1.807, 2.05) is 41.1 Å². The third kappa shape index (κ3) is 2.59. The van der Waals surface area contributed by atoms with Gasteiger partial charge in [0, 0.05) is 25.1 Å². The standard InChI is InChI=1S/C11H9BrNO2.BrH/c1-8(14)15-11-9(12)5-7-13-6-3-2-4-10(11)13;/h2-7H,1H3;1H/q+1;/p-1. The van der Waals surface area contributed by atoms with Crippen LogP contribution < -0.4 is 26.1 Å². The van der Waals surface area contributed by atoms with Crippen molar-refractivity contribution in [1.82, 2.24) is 0 Å². The lowest BCUT2D eigenvalue weighted by molar-refractivity contribution is -0.512. The molecule has 0 amide bonds. The monoisotopic (exact) mass is 345 g/mol. The highest BCUT2D eigenvalue weighted by Crippen LogP contribution is 2.27. The van der Waals surface area contributed by atoms with Gasteiger partial charge in [0.25, 0.3) is 5.52 Å². The lowest BCUT2D eigenvalue weighted by Crippen LogP contribution is -3.00. The number of ether oxygens (including phenoxy) is 1. The zero-order chi connectivity index (χ0) is 10.8. The smallest absolute Gasteiger partial charge is 0.308 e. The summed E-state index contributed by atoms with van der Waals surface area (Å²) < 4.78 is 7.81. The van der Waals surface area contributed by atoms with E-state index in [-0.39, 0.29) is 23.0 Å². The van der Waals surface area contributed by atoms with E-state index in [1.54, 1.807) is 0 Å². The van der Waals surface area contributed by atoms with Gasteiger partial charge >= 0.3 is 5.97 Å². The molecule has 3 nitrogen and oxygen atoms in total. The summed E-state index contributed by atoms with van der Waals surface area (Å²) in [7, 11) is 0. The maximum absolute atomic E-state index is 11.0. The van der Waals surface area contributed by atoms with E-state index in [0.29, 0.717) is 5.75 Å². The number of hydrogen-bond acceptors (Lipinski definition) is 2. The molecule has 0 unspecified atom stereocenters. The van der Waals surface area contributed by atoms with Crippen LogP contribution in [0.15, 0.2) is 41.1 Å². The Morgan fingerprint density at radius 3 is 2.75 bits per heavy atom. The molecule has 0 aliphatic rings. The van der Waals surface area contributed by atoms with Crippen molar-refractivity contribution in [2.24, 2.45) is 0 Å². The predicted molar refractivity (Wildman–Crippen MR) is 58.6 cm³/mol. The second kappa shape index (κ2) is 5.41. The number of esters is 1. The molecule has 2 aromatic rings. The van der Waals surface area contributed by atoms with Crippen molar-refractivity contribution >= 4 is 27.4 Å². The largest absolute Gasteiger partial charge is 1.00 e. The van der Waals surface area contributed by atoms with E-state index in [2.05, 4.69) is 15.9 Å². The van der Waals surface area contributed by atoms with E-state index >= 15 is 0 Å². The van der Waals surface area contributed by atoms with Gasteiger partial charge in [0.2, 0.25) is 5.75 Å². The molecule has 2 heterocycles. The van der Waals surface area contributed by atoms with Gasteiger partial charge in [0.05, 0.1) is 4.47 Å². The van der Waals surface area contributed by atoms with Crippen LogP contribution in [-0.4, -0.2) is 5.97 Å². The van der Waals surface area contributed by atoms with Crippen LogP contribution in [0, 0.1) is 0 Å². The van der Waals surface area contributed by atoms with Crippen LogP contribution >= 0.6 is 15.9 Å². The number of fused-ring (bicyclic) bond motifs is 1. The third-order valence-corrected chi connectivity index (χ3v) is 2.59. The molecule has 16 heavy (non-hydrogen) atoms. The molecule has 0 bridgehead atoms. The van der Waals surface area contributed by atoms with Crippen LogP contribution in [0.2, 0.25) is 0 Å². The SMILES string of the molecule is CC(=O)Oc1c(Br)cc[n+]2ccccc12.[Br-]. The highest BCUT2D eigenvalue weighted by atomic mass is 79.9. The van der Waals surface area contributed by atoms with Gasteiger partial charge in [-0.05, 0) is 22.0 Å². The Morgan fingerprint density at radius 1 is 1.31 bits per heavy atom. The minimum Gasteiger partial charge on any atom is -1.00 e. The van der Waals surface area contributed by atoms with E-state index in [1.165, 1.54) is 6.92 Å². The molecule has 0 aliphatic heterocycles. The zero-order valence-electron chi connectivity index (χ0n) is 8.48. The molecule has 2 rings (SSSR count). The lowest BCUT2D eigenvalue weighted by Gasteiger charge is -2.02. The molecule has 0 aliphatic carbocycles. The maximum atomic E-state index is 11.0. The molecule has 2 aromatic heterocycles. The van der Waals surface area contributed by atoms with E-state index < -0.39 is 0 Å². The summed E-state index contributed by atoms with van der Waals surface area (Å²) >= 11 is 3.36. The molecule has 0 saturated carbocycles. The Kier molecular flexibility index (Phi) is 4.44. The van der Waals surface area contributed by atoms with E-state index in [0.717, 1.165) is 9.99 Å². The van der Waals surface area contributed by atoms with Crippen LogP contribution in [0.25, 0.3) is 5.52 Å². The number of carbonyl (C=O) groups is 1. The van der Waals surface area contributed by atoms with Gasteiger partial charge in [-0.1, -0.05) is 0 Å². The lowest BCUT2D eigenvalue weighted by atomic mass is 10.3. The Hall–Kier alpha value is -0.940. The van der Waals surface area contributed by atoms with Crippen LogP contribution in [0.5, 0.6) is 5.75 Å². The zero-order valence-corrected chi connectivity index (χ0v) is 11.7. The maximum Gasteiger partial charge on any atom is 0.308 e. The van der Waals surface area contributed by atoms with Crippen LogP contribution in [0.3, 0.4) is 0 Å². The first-order valence-corrected chi connectivity index (χ1v) is 5.25. The summed E-state index contributed by atoms with van der Waals surface area (Å²) in [6, 6.07) is 7.54. The fourth-order valence-electron chi connectivity index (χ4n) is 1.37. The summed E-state index contributed by atoms with van der Waals surface area (Å²) in [5.41, 5.74) is 0.849. The summed E-state index contributed by atoms with van der Waals surface area (Å²) in [5.74, 6) is 0.221. The fraction of sp³-hybridized carbons (Fsp3) is 0.0909. The first-order valence-electron chi connectivity index (χ1n) is 4.45. The van der Waals surface area contributed by atoms with Crippen molar-refractivity contribution in [3.63, 3.8) is 0 Å². The van der Waals surface area contributed by atoms with Gasteiger partial charge in [-0.25, -0.2) is 0 Å². The molecule has 0 radical (unpaired) electrons. The average molecular weight is 347 g/mol. The minimum atomic E-state index is -0.326. The molecule has 0 atom stereocenters. The molecule has 0 spiro atoms. The van der Waals surface area contributed by atoms with Crippen LogP contribution in [-0.2, 0) is 4.79 Å². The van der Waals surface area contributed by atoms with Crippen molar-refractivity contribution in [2.75, 3.05) is 0 Å². The summed E-state index contributed by atoms with van der Waals surface area (Å²) in [6.45, 7) is 1.39. The van der Waals surface area contributed by atoms with Gasteiger partial charge < -0.3 is 21.7 Å². The highest BCUT2D eigenvalue weighted by Gasteiger charge is 2.14. The van der Waals surface area contributed by atoms with E-state index in [9.17, 15) is 4.79 Å². The molecule has 0 saturated heterocycles. The first-order chi connectivity index (χ1) is 7.18. The van der Waals surface area contributed by atoms with Crippen LogP contribution in [0.1, 0.15) is 6.92 Å². The summed E-state index contributed by atoms with van der Waals surface area (Å²) in [6.07, 6.45) is 3.79. The first kappa shape index (κ1) is 13.1. The van der Waals surface area contributed by atoms with Crippen molar-refractivity contribution < 1.29 is 30.9 Å². The number of hydrogen-bond donors (Lipinski definition) is 0. The molecular weight excluding hydrogens is 338 g/mol. The Bertz CT molecular complexity index is 528. The van der Waals surface area contributed by atoms with Gasteiger partial charge in [0.1, 0.15) is 0 Å². The predicted octanol–water partition coefficient (Wildman–Crippen LogP) is -0.883. The van der Waals surface area contributed by atoms with Gasteiger partial charge in [-0.3, -0.25) is 4.79 Å². The number of nitrogens with zero attached hydrogens (tertiary/aromatic N) is 1. The Morgan fingerprint density at radius 2 is 2.06 bits per heavy atom. The minimum absolute atomic E-state index is 0. The van der Waals surface area contributed by atoms with Gasteiger partial charge in [-0.15, -0.1) is 0 Å². The molecule has 0 N–H and O–H groups in total. The number of rotatable bonds is 1. The summed E-state index contributed by atoms with van der Waals surface area (Å²) in [5, 5.41) is 0. The molecule has 84 valence electrons. The Labute approximate surface area is 112 Å². The van der Waals surface area contributed by atoms with Crippen molar-refractivity contribution in [3.8, 4) is 5.75 Å². The quantitative estimate of drug-likeness (QED) is 0.496. The third-order valence-electron chi connectivity index (χ3n) is 1.97.